The highest BCUT2D eigenvalue weighted by molar-refractivity contribution is 9.12. The summed E-state index contributed by atoms with van der Waals surface area (Å²) in [6, 6.07) is 2.75. The van der Waals surface area contributed by atoms with Gasteiger partial charge in [-0.05, 0) is 75.2 Å². The smallest absolute Gasteiger partial charge is 0.0758 e. The lowest BCUT2D eigenvalue weighted by molar-refractivity contribution is 0.195. The van der Waals surface area contributed by atoms with Crippen molar-refractivity contribution in [3.8, 4) is 0 Å². The molecule has 0 aliphatic heterocycles. The molecule has 0 saturated heterocycles. The molecule has 1 N–H and O–H groups in total. The maximum atomic E-state index is 3.71. The van der Waals surface area contributed by atoms with Gasteiger partial charge in [0.2, 0.25) is 0 Å². The van der Waals surface area contributed by atoms with Crippen LogP contribution in [0.25, 0.3) is 0 Å². The van der Waals surface area contributed by atoms with E-state index in [0.29, 0.717) is 11.5 Å². The normalized spacial score (nSPS) is 20.7. The van der Waals surface area contributed by atoms with Gasteiger partial charge in [0.1, 0.15) is 0 Å². The minimum Gasteiger partial charge on any atom is -0.312 e. The Bertz CT molecular complexity index is 383. The standard InChI is InChI=1S/C13H19Br2NS/c1-3-13(6-4-5-7-13)11(16-2)9-8-10(14)17-12(9)15/h8,11,16H,3-7H2,1-2H3. The fourth-order valence-electron chi connectivity index (χ4n) is 3.27. The lowest BCUT2D eigenvalue weighted by Crippen LogP contribution is -2.34. The van der Waals surface area contributed by atoms with E-state index in [1.165, 1.54) is 45.2 Å². The minimum absolute atomic E-state index is 0.456. The van der Waals surface area contributed by atoms with Gasteiger partial charge < -0.3 is 5.32 Å². The van der Waals surface area contributed by atoms with E-state index in [2.05, 4.69) is 57.2 Å². The molecule has 1 fully saturated rings. The van der Waals surface area contributed by atoms with E-state index in [-0.39, 0.29) is 0 Å². The maximum Gasteiger partial charge on any atom is 0.0758 e. The van der Waals surface area contributed by atoms with Crippen LogP contribution in [0, 0.1) is 5.41 Å². The average molecular weight is 381 g/mol. The predicted octanol–water partition coefficient (Wildman–Crippen LogP) is 5.50. The third kappa shape index (κ3) is 2.65. The summed E-state index contributed by atoms with van der Waals surface area (Å²) in [5.74, 6) is 0. The lowest BCUT2D eigenvalue weighted by atomic mass is 9.74. The maximum absolute atomic E-state index is 3.71. The van der Waals surface area contributed by atoms with E-state index < -0.39 is 0 Å². The molecule has 0 bridgehead atoms. The van der Waals surface area contributed by atoms with Crippen LogP contribution in [0.4, 0.5) is 0 Å². The molecule has 1 saturated carbocycles. The Morgan fingerprint density at radius 1 is 1.41 bits per heavy atom. The SMILES string of the molecule is CCC1(C(NC)c2cc(Br)sc2Br)CCCC1. The van der Waals surface area contributed by atoms with E-state index >= 15 is 0 Å². The van der Waals surface area contributed by atoms with Gasteiger partial charge in [-0.1, -0.05) is 19.8 Å². The zero-order chi connectivity index (χ0) is 12.5. The summed E-state index contributed by atoms with van der Waals surface area (Å²) in [4.78, 5) is 0. The summed E-state index contributed by atoms with van der Waals surface area (Å²) in [5.41, 5.74) is 1.88. The van der Waals surface area contributed by atoms with Crippen LogP contribution < -0.4 is 5.32 Å². The van der Waals surface area contributed by atoms with Crippen molar-refractivity contribution in [1.82, 2.24) is 5.32 Å². The highest BCUT2D eigenvalue weighted by Gasteiger charge is 2.40. The average Bonchev–Trinajstić information content (AvgIpc) is 2.89. The van der Waals surface area contributed by atoms with Crippen LogP contribution in [-0.4, -0.2) is 7.05 Å². The third-order valence-corrected chi connectivity index (χ3v) is 6.58. The van der Waals surface area contributed by atoms with Gasteiger partial charge in [-0.25, -0.2) is 0 Å². The van der Waals surface area contributed by atoms with Crippen molar-refractivity contribution in [2.45, 2.75) is 45.1 Å². The molecule has 1 aliphatic rings. The van der Waals surface area contributed by atoms with E-state index in [9.17, 15) is 0 Å². The summed E-state index contributed by atoms with van der Waals surface area (Å²) >= 11 is 9.07. The molecule has 1 unspecified atom stereocenters. The molecule has 0 amide bonds. The van der Waals surface area contributed by atoms with Gasteiger partial charge in [-0.3, -0.25) is 0 Å². The van der Waals surface area contributed by atoms with E-state index in [4.69, 9.17) is 0 Å². The first-order valence-electron chi connectivity index (χ1n) is 6.25. The Morgan fingerprint density at radius 2 is 2.06 bits per heavy atom. The van der Waals surface area contributed by atoms with Crippen molar-refractivity contribution in [3.05, 3.63) is 19.2 Å². The molecule has 0 aromatic carbocycles. The van der Waals surface area contributed by atoms with Crippen molar-refractivity contribution in [2.24, 2.45) is 5.41 Å². The van der Waals surface area contributed by atoms with Crippen molar-refractivity contribution < 1.29 is 0 Å². The largest absolute Gasteiger partial charge is 0.312 e. The second-order valence-electron chi connectivity index (χ2n) is 4.92. The van der Waals surface area contributed by atoms with Crippen LogP contribution in [0.5, 0.6) is 0 Å². The van der Waals surface area contributed by atoms with Crippen molar-refractivity contribution in [2.75, 3.05) is 7.05 Å². The number of nitrogens with one attached hydrogen (secondary N) is 1. The quantitative estimate of drug-likeness (QED) is 0.726. The molecule has 0 radical (unpaired) electrons. The molecule has 17 heavy (non-hydrogen) atoms. The highest BCUT2D eigenvalue weighted by atomic mass is 79.9. The van der Waals surface area contributed by atoms with Crippen LogP contribution >= 0.6 is 43.2 Å². The van der Waals surface area contributed by atoms with Gasteiger partial charge in [-0.15, -0.1) is 11.3 Å². The lowest BCUT2D eigenvalue weighted by Gasteiger charge is -2.37. The Labute approximate surface area is 125 Å². The Kier molecular flexibility index (Phi) is 4.73. The fourth-order valence-corrected chi connectivity index (χ4v) is 6.17. The Morgan fingerprint density at radius 3 is 2.47 bits per heavy atom. The zero-order valence-corrected chi connectivity index (χ0v) is 14.3. The van der Waals surface area contributed by atoms with E-state index in [1.807, 2.05) is 0 Å². The van der Waals surface area contributed by atoms with Crippen molar-refractivity contribution in [3.63, 3.8) is 0 Å². The van der Waals surface area contributed by atoms with E-state index in [1.54, 1.807) is 11.3 Å². The molecular weight excluding hydrogens is 362 g/mol. The molecule has 0 spiro atoms. The number of hydrogen-bond donors (Lipinski definition) is 1. The van der Waals surface area contributed by atoms with Gasteiger partial charge in [-0.2, -0.15) is 0 Å². The van der Waals surface area contributed by atoms with Gasteiger partial charge in [0, 0.05) is 6.04 Å². The minimum atomic E-state index is 0.456. The highest BCUT2D eigenvalue weighted by Crippen LogP contribution is 2.52. The second-order valence-corrected chi connectivity index (χ2v) is 8.67. The molecule has 96 valence electrons. The first kappa shape index (κ1) is 14.0. The van der Waals surface area contributed by atoms with Crippen LogP contribution in [0.2, 0.25) is 0 Å². The van der Waals surface area contributed by atoms with Gasteiger partial charge in [0.25, 0.3) is 0 Å². The number of rotatable bonds is 4. The first-order chi connectivity index (χ1) is 8.13. The molecule has 1 nitrogen and oxygen atoms in total. The molecule has 1 atom stereocenters. The molecule has 2 rings (SSSR count). The summed E-state index contributed by atoms with van der Waals surface area (Å²) in [6.07, 6.45) is 6.74. The number of halogens is 2. The Balaban J connectivity index is 2.35. The molecular formula is C13H19Br2NS. The van der Waals surface area contributed by atoms with Gasteiger partial charge >= 0.3 is 0 Å². The fraction of sp³-hybridized carbons (Fsp3) is 0.692. The monoisotopic (exact) mass is 379 g/mol. The van der Waals surface area contributed by atoms with Crippen molar-refractivity contribution in [1.29, 1.82) is 0 Å². The third-order valence-electron chi connectivity index (χ3n) is 4.20. The summed E-state index contributed by atoms with van der Waals surface area (Å²) in [6.45, 7) is 2.34. The Hall–Kier alpha value is 0.620. The molecule has 1 aromatic rings. The summed E-state index contributed by atoms with van der Waals surface area (Å²) in [5, 5.41) is 3.56. The topological polar surface area (TPSA) is 12.0 Å². The molecule has 1 aliphatic carbocycles. The second kappa shape index (κ2) is 5.72. The van der Waals surface area contributed by atoms with Gasteiger partial charge in [0.15, 0.2) is 0 Å². The first-order valence-corrected chi connectivity index (χ1v) is 8.65. The summed E-state index contributed by atoms with van der Waals surface area (Å²) < 4.78 is 2.48. The number of thiophene rings is 1. The molecule has 1 aromatic heterocycles. The van der Waals surface area contributed by atoms with Crippen LogP contribution in [0.3, 0.4) is 0 Å². The van der Waals surface area contributed by atoms with Crippen molar-refractivity contribution >= 4 is 43.2 Å². The number of hydrogen-bond acceptors (Lipinski definition) is 2. The predicted molar refractivity (Wildman–Crippen MR) is 82.7 cm³/mol. The van der Waals surface area contributed by atoms with Crippen LogP contribution in [0.1, 0.15) is 50.6 Å². The van der Waals surface area contributed by atoms with Gasteiger partial charge in [0.05, 0.1) is 7.57 Å². The van der Waals surface area contributed by atoms with E-state index in [0.717, 1.165) is 0 Å². The summed E-state index contributed by atoms with van der Waals surface area (Å²) in [7, 11) is 2.10. The van der Waals surface area contributed by atoms with Crippen LogP contribution in [-0.2, 0) is 0 Å². The molecule has 1 heterocycles. The zero-order valence-electron chi connectivity index (χ0n) is 10.4. The van der Waals surface area contributed by atoms with Crippen LogP contribution in [0.15, 0.2) is 13.6 Å². The molecule has 4 heteroatoms.